The SMILES string of the molecule is CCCCCCCCCCCCCCCCOCCOCCOCCOCCOCCOCCOCCOCCOCCOCCN(C)C. The molecule has 0 bridgehead atoms. The molecule has 0 unspecified atom stereocenters. The summed E-state index contributed by atoms with van der Waals surface area (Å²) in [6.45, 7) is 14.9. The maximum Gasteiger partial charge on any atom is 0.0701 e. The molecule has 0 aromatic heterocycles. The molecule has 0 saturated carbocycles. The van der Waals surface area contributed by atoms with E-state index in [9.17, 15) is 0 Å². The molecule has 0 aliphatic heterocycles. The number of hydrogen-bond acceptors (Lipinski definition) is 11. The maximum atomic E-state index is 5.68. The fourth-order valence-corrected chi connectivity index (χ4v) is 4.73. The van der Waals surface area contributed by atoms with Crippen molar-refractivity contribution in [2.24, 2.45) is 0 Å². The molecular weight excluding hydrogens is 630 g/mol. The Balaban J connectivity index is 3.04. The summed E-state index contributed by atoms with van der Waals surface area (Å²) in [5.74, 6) is 0. The van der Waals surface area contributed by atoms with E-state index in [1.165, 1.54) is 83.5 Å². The van der Waals surface area contributed by atoms with E-state index in [0.717, 1.165) is 26.2 Å². The normalized spacial score (nSPS) is 11.8. The molecule has 0 saturated heterocycles. The lowest BCUT2D eigenvalue weighted by Gasteiger charge is -2.10. The summed E-state index contributed by atoms with van der Waals surface area (Å²) >= 11 is 0. The minimum Gasteiger partial charge on any atom is -0.379 e. The maximum absolute atomic E-state index is 5.68. The zero-order valence-electron chi connectivity index (χ0n) is 32.3. The first-order valence-electron chi connectivity index (χ1n) is 19.7. The third kappa shape index (κ3) is 47.6. The van der Waals surface area contributed by atoms with Crippen LogP contribution < -0.4 is 0 Å². The van der Waals surface area contributed by atoms with Crippen molar-refractivity contribution < 1.29 is 47.4 Å². The second kappa shape index (κ2) is 45.6. The third-order valence-electron chi connectivity index (χ3n) is 7.67. The summed E-state index contributed by atoms with van der Waals surface area (Å²) in [6.07, 6.45) is 19.3. The highest BCUT2D eigenvalue weighted by molar-refractivity contribution is 4.49. The van der Waals surface area contributed by atoms with Crippen LogP contribution in [0.1, 0.15) is 96.8 Å². The Morgan fingerprint density at radius 1 is 0.245 bits per heavy atom. The highest BCUT2D eigenvalue weighted by Gasteiger charge is 1.98. The Bertz CT molecular complexity index is 577. The van der Waals surface area contributed by atoms with Crippen LogP contribution in [0.5, 0.6) is 0 Å². The molecule has 0 rings (SSSR count). The molecule has 11 heteroatoms. The molecule has 0 aliphatic carbocycles. The Labute approximate surface area is 301 Å². The number of unbranched alkanes of at least 4 members (excludes halogenated alkanes) is 13. The van der Waals surface area contributed by atoms with Crippen LogP contribution in [0.25, 0.3) is 0 Å². The first-order chi connectivity index (χ1) is 24.3. The average molecular weight is 710 g/mol. The summed E-state index contributed by atoms with van der Waals surface area (Å²) in [5, 5.41) is 0. The van der Waals surface area contributed by atoms with Crippen LogP contribution in [-0.2, 0) is 47.4 Å². The van der Waals surface area contributed by atoms with Crippen LogP contribution in [0, 0.1) is 0 Å². The second-order valence-electron chi connectivity index (χ2n) is 12.5. The Morgan fingerprint density at radius 2 is 0.449 bits per heavy atom. The van der Waals surface area contributed by atoms with E-state index in [1.807, 2.05) is 14.1 Å². The summed E-state index contributed by atoms with van der Waals surface area (Å²) in [5.41, 5.74) is 0. The van der Waals surface area contributed by atoms with Gasteiger partial charge in [0.1, 0.15) is 0 Å². The molecule has 0 aromatic rings. The van der Waals surface area contributed by atoms with Crippen LogP contribution in [0.15, 0.2) is 0 Å². The molecule has 0 aliphatic rings. The summed E-state index contributed by atoms with van der Waals surface area (Å²) in [4.78, 5) is 2.09. The van der Waals surface area contributed by atoms with Gasteiger partial charge in [-0.3, -0.25) is 0 Å². The van der Waals surface area contributed by atoms with Crippen LogP contribution in [-0.4, -0.2) is 158 Å². The first kappa shape index (κ1) is 48.6. The molecular formula is C38H79NO10. The van der Waals surface area contributed by atoms with Crippen LogP contribution in [0.3, 0.4) is 0 Å². The van der Waals surface area contributed by atoms with Crippen molar-refractivity contribution in [3.05, 3.63) is 0 Å². The molecule has 0 N–H and O–H groups in total. The summed E-state index contributed by atoms with van der Waals surface area (Å²) < 4.78 is 55.2. The molecule has 0 radical (unpaired) electrons. The minimum atomic E-state index is 0.531. The Kier molecular flexibility index (Phi) is 45.2. The fourth-order valence-electron chi connectivity index (χ4n) is 4.73. The highest BCUT2D eigenvalue weighted by Crippen LogP contribution is 2.13. The largest absolute Gasteiger partial charge is 0.379 e. The molecule has 0 amide bonds. The van der Waals surface area contributed by atoms with Crippen LogP contribution >= 0.6 is 0 Å². The van der Waals surface area contributed by atoms with Gasteiger partial charge in [-0.25, -0.2) is 0 Å². The Hall–Kier alpha value is -0.440. The van der Waals surface area contributed by atoms with E-state index < -0.39 is 0 Å². The van der Waals surface area contributed by atoms with Gasteiger partial charge >= 0.3 is 0 Å². The van der Waals surface area contributed by atoms with Crippen molar-refractivity contribution in [3.8, 4) is 0 Å². The zero-order valence-corrected chi connectivity index (χ0v) is 32.3. The molecule has 49 heavy (non-hydrogen) atoms. The summed E-state index contributed by atoms with van der Waals surface area (Å²) in [6, 6.07) is 0. The van der Waals surface area contributed by atoms with Gasteiger partial charge in [0.15, 0.2) is 0 Å². The van der Waals surface area contributed by atoms with E-state index in [-0.39, 0.29) is 0 Å². The van der Waals surface area contributed by atoms with E-state index in [2.05, 4.69) is 11.8 Å². The lowest BCUT2D eigenvalue weighted by Crippen LogP contribution is -2.19. The number of hydrogen-bond donors (Lipinski definition) is 0. The average Bonchev–Trinajstić information content (AvgIpc) is 3.10. The van der Waals surface area contributed by atoms with Crippen molar-refractivity contribution in [1.29, 1.82) is 0 Å². The van der Waals surface area contributed by atoms with Gasteiger partial charge in [0.05, 0.1) is 126 Å². The smallest absolute Gasteiger partial charge is 0.0701 e. The molecule has 0 aromatic carbocycles. The predicted octanol–water partition coefficient (Wildman–Crippen LogP) is 6.20. The van der Waals surface area contributed by atoms with Gasteiger partial charge in [0, 0.05) is 13.2 Å². The predicted molar refractivity (Wildman–Crippen MR) is 197 cm³/mol. The molecule has 296 valence electrons. The minimum absolute atomic E-state index is 0.531. The van der Waals surface area contributed by atoms with Crippen molar-refractivity contribution in [1.82, 2.24) is 4.90 Å². The van der Waals surface area contributed by atoms with Crippen molar-refractivity contribution in [2.45, 2.75) is 96.8 Å². The first-order valence-corrected chi connectivity index (χ1v) is 19.7. The molecule has 0 heterocycles. The number of rotatable bonds is 45. The van der Waals surface area contributed by atoms with Crippen LogP contribution in [0.2, 0.25) is 0 Å². The van der Waals surface area contributed by atoms with Crippen molar-refractivity contribution >= 4 is 0 Å². The molecule has 0 spiro atoms. The highest BCUT2D eigenvalue weighted by atomic mass is 16.6. The van der Waals surface area contributed by atoms with E-state index in [1.54, 1.807) is 0 Å². The van der Waals surface area contributed by atoms with Gasteiger partial charge in [-0.05, 0) is 20.5 Å². The van der Waals surface area contributed by atoms with E-state index in [4.69, 9.17) is 47.4 Å². The summed E-state index contributed by atoms with van der Waals surface area (Å²) in [7, 11) is 4.05. The number of ether oxygens (including phenoxy) is 10. The van der Waals surface area contributed by atoms with Gasteiger partial charge in [-0.1, -0.05) is 90.4 Å². The van der Waals surface area contributed by atoms with E-state index >= 15 is 0 Å². The van der Waals surface area contributed by atoms with E-state index in [0.29, 0.717) is 119 Å². The number of likely N-dealkylation sites (N-methyl/N-ethyl adjacent to an activating group) is 1. The van der Waals surface area contributed by atoms with Crippen molar-refractivity contribution in [2.75, 3.05) is 153 Å². The van der Waals surface area contributed by atoms with Gasteiger partial charge in [-0.2, -0.15) is 0 Å². The fraction of sp³-hybridized carbons (Fsp3) is 1.00. The molecule has 11 nitrogen and oxygen atoms in total. The van der Waals surface area contributed by atoms with Gasteiger partial charge in [-0.15, -0.1) is 0 Å². The standard InChI is InChI=1S/C38H79NO10/c1-4-5-6-7-8-9-10-11-12-13-14-15-16-17-19-40-21-23-42-25-27-44-29-31-46-33-35-48-37-38-49-36-34-47-32-30-45-28-26-43-24-22-41-20-18-39(2)3/h4-38H2,1-3H3. The molecule has 0 fully saturated rings. The van der Waals surface area contributed by atoms with Gasteiger partial charge in [0.25, 0.3) is 0 Å². The van der Waals surface area contributed by atoms with Crippen LogP contribution in [0.4, 0.5) is 0 Å². The monoisotopic (exact) mass is 710 g/mol. The van der Waals surface area contributed by atoms with Gasteiger partial charge in [0.2, 0.25) is 0 Å². The topological polar surface area (TPSA) is 95.5 Å². The molecule has 0 atom stereocenters. The van der Waals surface area contributed by atoms with Gasteiger partial charge < -0.3 is 52.3 Å². The number of nitrogens with zero attached hydrogens (tertiary/aromatic N) is 1. The van der Waals surface area contributed by atoms with Crippen molar-refractivity contribution in [3.63, 3.8) is 0 Å². The lowest BCUT2D eigenvalue weighted by atomic mass is 10.0. The lowest BCUT2D eigenvalue weighted by molar-refractivity contribution is -0.0265. The zero-order chi connectivity index (χ0) is 35.4. The second-order valence-corrected chi connectivity index (χ2v) is 12.5. The quantitative estimate of drug-likeness (QED) is 0.0677. The third-order valence-corrected chi connectivity index (χ3v) is 7.67. The Morgan fingerprint density at radius 3 is 0.694 bits per heavy atom.